The number of benzene rings is 3. The number of urea groups is 1. The van der Waals surface area contributed by atoms with Gasteiger partial charge in [0.2, 0.25) is 0 Å². The van der Waals surface area contributed by atoms with Gasteiger partial charge in [-0.3, -0.25) is 4.90 Å². The van der Waals surface area contributed by atoms with Crippen LogP contribution in [0, 0.1) is 0 Å². The minimum absolute atomic E-state index is 0.0654. The summed E-state index contributed by atoms with van der Waals surface area (Å²) in [6.45, 7) is 3.49. The van der Waals surface area contributed by atoms with Crippen LogP contribution >= 0.6 is 0 Å². The highest BCUT2D eigenvalue weighted by molar-refractivity contribution is 5.89. The molecule has 0 bridgehead atoms. The molecule has 5 nitrogen and oxygen atoms in total. The van der Waals surface area contributed by atoms with Crippen LogP contribution in [0.1, 0.15) is 24.0 Å². The number of likely N-dealkylation sites (tertiary alicyclic amines) is 1. The van der Waals surface area contributed by atoms with Gasteiger partial charge in [-0.25, -0.2) is 4.79 Å². The number of nitrogens with one attached hydrogen (secondary N) is 1. The highest BCUT2D eigenvalue weighted by Crippen LogP contribution is 2.21. The molecule has 1 N–H and O–H groups in total. The van der Waals surface area contributed by atoms with E-state index in [2.05, 4.69) is 64.8 Å². The smallest absolute Gasteiger partial charge is 0.322 e. The fraction of sp³-hybridized carbons (Fsp3) is 0.276. The normalized spacial score (nSPS) is 14.7. The molecule has 0 spiro atoms. The number of nitrogens with zero attached hydrogens (tertiary/aromatic N) is 2. The average molecular weight is 456 g/mol. The van der Waals surface area contributed by atoms with Crippen LogP contribution in [0.25, 0.3) is 6.08 Å². The van der Waals surface area contributed by atoms with Gasteiger partial charge in [0.1, 0.15) is 5.75 Å². The molecular formula is C29H33N3O2. The van der Waals surface area contributed by atoms with Gasteiger partial charge in [0.15, 0.2) is 0 Å². The fourth-order valence-corrected chi connectivity index (χ4v) is 4.36. The lowest BCUT2D eigenvalue weighted by Crippen LogP contribution is -2.48. The summed E-state index contributed by atoms with van der Waals surface area (Å²) in [6, 6.07) is 28.4. The molecule has 0 aromatic heterocycles. The minimum atomic E-state index is -0.0654. The number of carbonyl (C=O) groups excluding carboxylic acids is 1. The lowest BCUT2D eigenvalue weighted by Gasteiger charge is -2.38. The van der Waals surface area contributed by atoms with Crippen LogP contribution in [0.15, 0.2) is 91.0 Å². The molecule has 3 aromatic rings. The lowest BCUT2D eigenvalue weighted by molar-refractivity contribution is 0.130. The predicted octanol–water partition coefficient (Wildman–Crippen LogP) is 5.91. The second-order valence-corrected chi connectivity index (χ2v) is 8.62. The molecule has 1 saturated heterocycles. The third-order valence-corrected chi connectivity index (χ3v) is 6.26. The van der Waals surface area contributed by atoms with Crippen molar-refractivity contribution >= 4 is 17.8 Å². The van der Waals surface area contributed by atoms with Crippen molar-refractivity contribution in [1.29, 1.82) is 0 Å². The van der Waals surface area contributed by atoms with E-state index in [1.165, 1.54) is 5.56 Å². The van der Waals surface area contributed by atoms with Crippen LogP contribution in [-0.4, -0.2) is 48.6 Å². The van der Waals surface area contributed by atoms with Crippen LogP contribution in [-0.2, 0) is 6.54 Å². The quantitative estimate of drug-likeness (QED) is 0.459. The molecule has 34 heavy (non-hydrogen) atoms. The number of rotatable bonds is 8. The van der Waals surface area contributed by atoms with Crippen LogP contribution in [0.5, 0.6) is 5.75 Å². The summed E-state index contributed by atoms with van der Waals surface area (Å²) in [5.74, 6) is 0.770. The Morgan fingerprint density at radius 1 is 0.971 bits per heavy atom. The van der Waals surface area contributed by atoms with Crippen LogP contribution in [0.3, 0.4) is 0 Å². The molecule has 4 rings (SSSR count). The van der Waals surface area contributed by atoms with E-state index in [1.54, 1.807) is 7.11 Å². The zero-order valence-electron chi connectivity index (χ0n) is 19.8. The van der Waals surface area contributed by atoms with Gasteiger partial charge in [-0.05, 0) is 48.2 Å². The number of piperidine rings is 1. The molecule has 0 aliphatic carbocycles. The maximum Gasteiger partial charge on any atom is 0.322 e. The maximum atomic E-state index is 13.3. The Bertz CT molecular complexity index is 1040. The number of amides is 2. The zero-order chi connectivity index (χ0) is 23.6. The second-order valence-electron chi connectivity index (χ2n) is 8.62. The Kier molecular flexibility index (Phi) is 8.36. The third-order valence-electron chi connectivity index (χ3n) is 6.26. The van der Waals surface area contributed by atoms with Crippen molar-refractivity contribution in [2.75, 3.05) is 32.1 Å². The number of methoxy groups -OCH3 is 1. The van der Waals surface area contributed by atoms with Crippen molar-refractivity contribution in [2.24, 2.45) is 0 Å². The van der Waals surface area contributed by atoms with E-state index in [4.69, 9.17) is 4.74 Å². The van der Waals surface area contributed by atoms with E-state index < -0.39 is 0 Å². The summed E-state index contributed by atoms with van der Waals surface area (Å²) in [5, 5.41) is 3.07. The van der Waals surface area contributed by atoms with Gasteiger partial charge in [-0.1, -0.05) is 72.8 Å². The maximum absolute atomic E-state index is 13.3. The van der Waals surface area contributed by atoms with Gasteiger partial charge >= 0.3 is 6.03 Å². The number of carbonyl (C=O) groups is 1. The van der Waals surface area contributed by atoms with Crippen molar-refractivity contribution in [1.82, 2.24) is 9.80 Å². The van der Waals surface area contributed by atoms with Crippen molar-refractivity contribution in [3.05, 3.63) is 102 Å². The van der Waals surface area contributed by atoms with E-state index in [9.17, 15) is 4.79 Å². The van der Waals surface area contributed by atoms with Gasteiger partial charge in [0.05, 0.1) is 7.11 Å². The molecule has 1 heterocycles. The summed E-state index contributed by atoms with van der Waals surface area (Å²) in [5.41, 5.74) is 3.24. The highest BCUT2D eigenvalue weighted by Gasteiger charge is 2.27. The Balaban J connectivity index is 1.41. The fourth-order valence-electron chi connectivity index (χ4n) is 4.36. The SMILES string of the molecule is COc1ccc(NC(=O)N(C/C=C/c2ccccc2)C2CCN(Cc3ccccc3)CC2)cc1. The first kappa shape index (κ1) is 23.6. The van der Waals surface area contributed by atoms with Crippen molar-refractivity contribution < 1.29 is 9.53 Å². The van der Waals surface area contributed by atoms with E-state index in [1.807, 2.05) is 47.4 Å². The van der Waals surface area contributed by atoms with Crippen LogP contribution < -0.4 is 10.1 Å². The molecule has 0 radical (unpaired) electrons. The number of ether oxygens (including phenoxy) is 1. The number of hydrogen-bond donors (Lipinski definition) is 1. The van der Waals surface area contributed by atoms with Gasteiger partial charge < -0.3 is 15.0 Å². The monoisotopic (exact) mass is 455 g/mol. The van der Waals surface area contributed by atoms with Crippen molar-refractivity contribution in [2.45, 2.75) is 25.4 Å². The first-order chi connectivity index (χ1) is 16.7. The molecule has 0 unspecified atom stereocenters. The van der Waals surface area contributed by atoms with Crippen molar-refractivity contribution in [3.8, 4) is 5.75 Å². The first-order valence-corrected chi connectivity index (χ1v) is 11.9. The molecule has 1 aliphatic rings. The molecule has 0 saturated carbocycles. The Hall–Kier alpha value is -3.57. The van der Waals surface area contributed by atoms with Gasteiger partial charge in [0, 0.05) is 37.9 Å². The number of hydrogen-bond acceptors (Lipinski definition) is 3. The van der Waals surface area contributed by atoms with Crippen molar-refractivity contribution in [3.63, 3.8) is 0 Å². The summed E-state index contributed by atoms with van der Waals surface area (Å²) < 4.78 is 5.23. The molecule has 176 valence electrons. The summed E-state index contributed by atoms with van der Waals surface area (Å²) in [4.78, 5) is 17.8. The Morgan fingerprint density at radius 2 is 1.62 bits per heavy atom. The molecule has 2 amide bonds. The zero-order valence-corrected chi connectivity index (χ0v) is 19.8. The lowest BCUT2D eigenvalue weighted by atomic mass is 10.0. The third kappa shape index (κ3) is 6.72. The van der Waals surface area contributed by atoms with Gasteiger partial charge in [-0.15, -0.1) is 0 Å². The Labute approximate surface area is 202 Å². The van der Waals surface area contributed by atoms with Gasteiger partial charge in [0.25, 0.3) is 0 Å². The summed E-state index contributed by atoms with van der Waals surface area (Å²) in [7, 11) is 1.64. The number of anilines is 1. The topological polar surface area (TPSA) is 44.8 Å². The minimum Gasteiger partial charge on any atom is -0.497 e. The summed E-state index contributed by atoms with van der Waals surface area (Å²) >= 11 is 0. The second kappa shape index (κ2) is 12.1. The molecule has 1 aliphatic heterocycles. The molecular weight excluding hydrogens is 422 g/mol. The van der Waals surface area contributed by atoms with Gasteiger partial charge in [-0.2, -0.15) is 0 Å². The predicted molar refractivity (Wildman–Crippen MR) is 139 cm³/mol. The standard InChI is InChI=1S/C29H33N3O2/c1-34-28-16-14-26(15-17-28)30-29(33)32(20-8-13-24-9-4-2-5-10-24)27-18-21-31(22-19-27)23-25-11-6-3-7-12-25/h2-17,27H,18-23H2,1H3,(H,30,33)/b13-8+. The highest BCUT2D eigenvalue weighted by atomic mass is 16.5. The Morgan fingerprint density at radius 3 is 2.26 bits per heavy atom. The first-order valence-electron chi connectivity index (χ1n) is 11.9. The summed E-state index contributed by atoms with van der Waals surface area (Å²) in [6.07, 6.45) is 6.08. The van der Waals surface area contributed by atoms with E-state index in [0.29, 0.717) is 6.54 Å². The van der Waals surface area contributed by atoms with Crippen LogP contribution in [0.4, 0.5) is 10.5 Å². The molecule has 5 heteroatoms. The van der Waals surface area contributed by atoms with Crippen LogP contribution in [0.2, 0.25) is 0 Å². The van der Waals surface area contributed by atoms with E-state index in [0.717, 1.165) is 49.5 Å². The molecule has 3 aromatic carbocycles. The molecule has 1 fully saturated rings. The largest absolute Gasteiger partial charge is 0.497 e. The average Bonchev–Trinajstić information content (AvgIpc) is 2.89. The van der Waals surface area contributed by atoms with E-state index in [-0.39, 0.29) is 12.1 Å². The molecule has 0 atom stereocenters. The van der Waals surface area contributed by atoms with E-state index >= 15 is 0 Å².